The van der Waals surface area contributed by atoms with Crippen molar-refractivity contribution >= 4 is 11.8 Å². The van der Waals surface area contributed by atoms with E-state index in [1.807, 2.05) is 11.8 Å². The molecule has 0 spiro atoms. The number of ether oxygens (including phenoxy) is 1. The summed E-state index contributed by atoms with van der Waals surface area (Å²) in [7, 11) is 1.77. The van der Waals surface area contributed by atoms with Crippen LogP contribution in [0, 0.1) is 0 Å². The molecule has 0 fully saturated rings. The van der Waals surface area contributed by atoms with Gasteiger partial charge in [0.15, 0.2) is 0 Å². The van der Waals surface area contributed by atoms with Crippen LogP contribution in [-0.4, -0.2) is 37.8 Å². The van der Waals surface area contributed by atoms with E-state index in [0.717, 1.165) is 18.9 Å². The Labute approximate surface area is 99.5 Å². The Kier molecular flexibility index (Phi) is 12.6. The molecule has 0 heterocycles. The summed E-state index contributed by atoms with van der Waals surface area (Å²) >= 11 is 2.00. The van der Waals surface area contributed by atoms with E-state index >= 15 is 0 Å². The van der Waals surface area contributed by atoms with Crippen molar-refractivity contribution in [2.24, 2.45) is 0 Å². The van der Waals surface area contributed by atoms with Crippen molar-refractivity contribution in [3.05, 3.63) is 0 Å². The van der Waals surface area contributed by atoms with E-state index in [2.05, 4.69) is 19.2 Å². The number of rotatable bonds is 11. The molecule has 0 radical (unpaired) electrons. The average molecular weight is 233 g/mol. The number of hydrogen-bond acceptors (Lipinski definition) is 3. The number of unbranched alkanes of at least 4 members (excludes halogenated alkanes) is 1. The van der Waals surface area contributed by atoms with Crippen molar-refractivity contribution in [2.45, 2.75) is 45.6 Å². The molecule has 0 saturated carbocycles. The highest BCUT2D eigenvalue weighted by Gasteiger charge is 1.99. The molecule has 0 aliphatic rings. The maximum Gasteiger partial charge on any atom is 0.0552 e. The van der Waals surface area contributed by atoms with Crippen molar-refractivity contribution in [1.29, 1.82) is 0 Å². The second-order valence-corrected chi connectivity index (χ2v) is 5.18. The molecule has 0 aromatic rings. The molecule has 0 bridgehead atoms. The summed E-state index contributed by atoms with van der Waals surface area (Å²) in [5, 5.41) is 3.52. The van der Waals surface area contributed by atoms with Crippen LogP contribution >= 0.6 is 11.8 Å². The van der Waals surface area contributed by atoms with Gasteiger partial charge in [0, 0.05) is 18.9 Å². The van der Waals surface area contributed by atoms with Crippen LogP contribution in [0.2, 0.25) is 0 Å². The third-order valence-corrected chi connectivity index (χ3v) is 3.38. The lowest BCUT2D eigenvalue weighted by Crippen LogP contribution is -2.26. The van der Waals surface area contributed by atoms with Gasteiger partial charge >= 0.3 is 0 Å². The second-order valence-electron chi connectivity index (χ2n) is 3.96. The minimum Gasteiger partial charge on any atom is -0.384 e. The highest BCUT2D eigenvalue weighted by atomic mass is 32.2. The second kappa shape index (κ2) is 12.3. The van der Waals surface area contributed by atoms with E-state index in [1.54, 1.807) is 7.11 Å². The topological polar surface area (TPSA) is 21.3 Å². The zero-order chi connectivity index (χ0) is 11.4. The lowest BCUT2D eigenvalue weighted by molar-refractivity contribution is 0.218. The first-order chi connectivity index (χ1) is 7.31. The Hall–Kier alpha value is 0.270. The molecule has 1 atom stereocenters. The molecule has 0 aromatic heterocycles. The lowest BCUT2D eigenvalue weighted by atomic mass is 10.1. The summed E-state index contributed by atoms with van der Waals surface area (Å²) < 4.78 is 5.00. The molecule has 1 N–H and O–H groups in total. The molecule has 15 heavy (non-hydrogen) atoms. The molecule has 0 rings (SSSR count). The van der Waals surface area contributed by atoms with Crippen molar-refractivity contribution in [3.8, 4) is 0 Å². The Balaban J connectivity index is 3.02. The third-order valence-electron chi connectivity index (χ3n) is 2.35. The Morgan fingerprint density at radius 1 is 1.27 bits per heavy atom. The van der Waals surface area contributed by atoms with Gasteiger partial charge in [0.1, 0.15) is 0 Å². The summed E-state index contributed by atoms with van der Waals surface area (Å²) in [6.07, 6.45) is 5.23. The quantitative estimate of drug-likeness (QED) is 0.554. The third kappa shape index (κ3) is 12.2. The van der Waals surface area contributed by atoms with E-state index in [0.29, 0.717) is 6.04 Å². The molecule has 0 saturated heterocycles. The van der Waals surface area contributed by atoms with E-state index in [1.165, 1.54) is 31.4 Å². The Bertz CT molecular complexity index is 122. The van der Waals surface area contributed by atoms with E-state index < -0.39 is 0 Å². The van der Waals surface area contributed by atoms with Crippen molar-refractivity contribution < 1.29 is 4.74 Å². The largest absolute Gasteiger partial charge is 0.384 e. The molecule has 0 aromatic carbocycles. The summed E-state index contributed by atoms with van der Waals surface area (Å²) in [6.45, 7) is 6.54. The molecule has 2 nitrogen and oxygen atoms in total. The SMILES string of the molecule is CCCNC(C)CCCCSCCOC. The summed E-state index contributed by atoms with van der Waals surface area (Å²) in [6, 6.07) is 0.689. The van der Waals surface area contributed by atoms with Gasteiger partial charge in [-0.05, 0) is 38.5 Å². The molecule has 0 aliphatic heterocycles. The van der Waals surface area contributed by atoms with Gasteiger partial charge in [-0.3, -0.25) is 0 Å². The lowest BCUT2D eigenvalue weighted by Gasteiger charge is -2.12. The van der Waals surface area contributed by atoms with Gasteiger partial charge in [0.05, 0.1) is 6.61 Å². The fraction of sp³-hybridized carbons (Fsp3) is 1.00. The first kappa shape index (κ1) is 15.3. The van der Waals surface area contributed by atoms with Crippen LogP contribution in [0.1, 0.15) is 39.5 Å². The van der Waals surface area contributed by atoms with Crippen LogP contribution in [-0.2, 0) is 4.74 Å². The predicted octanol–water partition coefficient (Wildman–Crippen LogP) is 2.92. The summed E-state index contributed by atoms with van der Waals surface area (Å²) in [5.74, 6) is 2.42. The predicted molar refractivity (Wildman–Crippen MR) is 70.8 cm³/mol. The maximum absolute atomic E-state index is 5.00. The van der Waals surface area contributed by atoms with Gasteiger partial charge in [-0.15, -0.1) is 0 Å². The zero-order valence-electron chi connectivity index (χ0n) is 10.6. The average Bonchev–Trinajstić information content (AvgIpc) is 2.25. The summed E-state index contributed by atoms with van der Waals surface area (Å²) in [5.41, 5.74) is 0. The molecular formula is C12H27NOS. The molecule has 0 amide bonds. The zero-order valence-corrected chi connectivity index (χ0v) is 11.4. The highest BCUT2D eigenvalue weighted by Crippen LogP contribution is 2.07. The minimum atomic E-state index is 0.689. The highest BCUT2D eigenvalue weighted by molar-refractivity contribution is 7.99. The fourth-order valence-corrected chi connectivity index (χ4v) is 2.29. The maximum atomic E-state index is 5.00. The molecule has 1 unspecified atom stereocenters. The molecule has 92 valence electrons. The Morgan fingerprint density at radius 3 is 2.73 bits per heavy atom. The molecular weight excluding hydrogens is 206 g/mol. The first-order valence-electron chi connectivity index (χ1n) is 6.11. The standard InChI is InChI=1S/C12H27NOS/c1-4-8-13-12(2)7-5-6-10-15-11-9-14-3/h12-13H,4-11H2,1-3H3. The van der Waals surface area contributed by atoms with Crippen molar-refractivity contribution in [1.82, 2.24) is 5.32 Å². The van der Waals surface area contributed by atoms with E-state index in [-0.39, 0.29) is 0 Å². The summed E-state index contributed by atoms with van der Waals surface area (Å²) in [4.78, 5) is 0. The van der Waals surface area contributed by atoms with Gasteiger partial charge in [-0.1, -0.05) is 13.3 Å². The monoisotopic (exact) mass is 233 g/mol. The minimum absolute atomic E-state index is 0.689. The van der Waals surface area contributed by atoms with Gasteiger partial charge in [0.25, 0.3) is 0 Å². The van der Waals surface area contributed by atoms with Gasteiger partial charge in [0.2, 0.25) is 0 Å². The number of thioether (sulfide) groups is 1. The van der Waals surface area contributed by atoms with Crippen molar-refractivity contribution in [3.63, 3.8) is 0 Å². The van der Waals surface area contributed by atoms with Crippen LogP contribution in [0.15, 0.2) is 0 Å². The van der Waals surface area contributed by atoms with E-state index in [4.69, 9.17) is 4.74 Å². The number of nitrogens with one attached hydrogen (secondary N) is 1. The fourth-order valence-electron chi connectivity index (χ4n) is 1.39. The van der Waals surface area contributed by atoms with Crippen LogP contribution < -0.4 is 5.32 Å². The van der Waals surface area contributed by atoms with Gasteiger partial charge in [-0.2, -0.15) is 11.8 Å². The van der Waals surface area contributed by atoms with Gasteiger partial charge in [-0.25, -0.2) is 0 Å². The molecule has 3 heteroatoms. The van der Waals surface area contributed by atoms with Crippen LogP contribution in [0.4, 0.5) is 0 Å². The van der Waals surface area contributed by atoms with Crippen LogP contribution in [0.25, 0.3) is 0 Å². The smallest absolute Gasteiger partial charge is 0.0552 e. The molecule has 0 aliphatic carbocycles. The number of hydrogen-bond donors (Lipinski definition) is 1. The van der Waals surface area contributed by atoms with Crippen LogP contribution in [0.3, 0.4) is 0 Å². The first-order valence-corrected chi connectivity index (χ1v) is 7.26. The Morgan fingerprint density at radius 2 is 2.07 bits per heavy atom. The van der Waals surface area contributed by atoms with Gasteiger partial charge < -0.3 is 10.1 Å². The number of methoxy groups -OCH3 is 1. The normalized spacial score (nSPS) is 13.0. The van der Waals surface area contributed by atoms with Crippen molar-refractivity contribution in [2.75, 3.05) is 31.8 Å². The van der Waals surface area contributed by atoms with E-state index in [9.17, 15) is 0 Å². The van der Waals surface area contributed by atoms with Crippen LogP contribution in [0.5, 0.6) is 0 Å².